The van der Waals surface area contributed by atoms with Crippen LogP contribution in [-0.4, -0.2) is 14.4 Å². The summed E-state index contributed by atoms with van der Waals surface area (Å²) in [6, 6.07) is 12.8. The Bertz CT molecular complexity index is 813. The third-order valence-corrected chi connectivity index (χ3v) is 4.13. The minimum Gasteiger partial charge on any atom is -0.379 e. The van der Waals surface area contributed by atoms with Crippen LogP contribution in [0.1, 0.15) is 11.1 Å². The highest BCUT2D eigenvalue weighted by molar-refractivity contribution is 7.87. The SMILES string of the molecule is Cc1ccc(S(=O)(=O)Oc2ccc(CN=NC(=N)N)cc2)cc1. The van der Waals surface area contributed by atoms with E-state index in [0.717, 1.165) is 11.1 Å². The summed E-state index contributed by atoms with van der Waals surface area (Å²) in [5.74, 6) is -0.160. The second-order valence-corrected chi connectivity index (χ2v) is 6.33. The molecule has 0 aromatic heterocycles. The first-order chi connectivity index (χ1) is 10.9. The molecule has 0 radical (unpaired) electrons. The van der Waals surface area contributed by atoms with Crippen LogP contribution in [0.5, 0.6) is 5.75 Å². The van der Waals surface area contributed by atoms with E-state index >= 15 is 0 Å². The highest BCUT2D eigenvalue weighted by Crippen LogP contribution is 2.19. The van der Waals surface area contributed by atoms with Gasteiger partial charge in [0.05, 0.1) is 6.54 Å². The maximum atomic E-state index is 12.2. The molecule has 0 saturated heterocycles. The third kappa shape index (κ3) is 4.89. The molecule has 0 heterocycles. The molecule has 2 aromatic rings. The van der Waals surface area contributed by atoms with Gasteiger partial charge in [-0.1, -0.05) is 29.8 Å². The normalized spacial score (nSPS) is 11.5. The summed E-state index contributed by atoms with van der Waals surface area (Å²) in [6.07, 6.45) is 0. The molecule has 0 amide bonds. The second-order valence-electron chi connectivity index (χ2n) is 4.78. The lowest BCUT2D eigenvalue weighted by atomic mass is 10.2. The van der Waals surface area contributed by atoms with Gasteiger partial charge in [-0.2, -0.15) is 13.5 Å². The fourth-order valence-electron chi connectivity index (χ4n) is 1.72. The highest BCUT2D eigenvalue weighted by atomic mass is 32.2. The van der Waals surface area contributed by atoms with Crippen molar-refractivity contribution >= 4 is 16.1 Å². The molecule has 3 N–H and O–H groups in total. The molecule has 2 rings (SSSR count). The van der Waals surface area contributed by atoms with Crippen molar-refractivity contribution in [3.63, 3.8) is 0 Å². The summed E-state index contributed by atoms with van der Waals surface area (Å²) in [4.78, 5) is 0.0995. The molecular formula is C15H16N4O3S. The molecule has 2 aromatic carbocycles. The largest absolute Gasteiger partial charge is 0.379 e. The van der Waals surface area contributed by atoms with Crippen LogP contribution in [0.2, 0.25) is 0 Å². The van der Waals surface area contributed by atoms with Crippen molar-refractivity contribution in [1.29, 1.82) is 5.41 Å². The van der Waals surface area contributed by atoms with Gasteiger partial charge in [0.2, 0.25) is 5.96 Å². The van der Waals surface area contributed by atoms with Gasteiger partial charge in [0.15, 0.2) is 0 Å². The van der Waals surface area contributed by atoms with Crippen LogP contribution in [0.15, 0.2) is 63.7 Å². The third-order valence-electron chi connectivity index (χ3n) is 2.87. The van der Waals surface area contributed by atoms with Gasteiger partial charge < -0.3 is 9.92 Å². The Kier molecular flexibility index (Phi) is 5.07. The van der Waals surface area contributed by atoms with E-state index in [9.17, 15) is 8.42 Å². The molecule has 0 atom stereocenters. The topological polar surface area (TPSA) is 118 Å². The number of nitrogens with two attached hydrogens (primary N) is 1. The van der Waals surface area contributed by atoms with E-state index in [1.165, 1.54) is 24.3 Å². The lowest BCUT2D eigenvalue weighted by Crippen LogP contribution is -2.09. The number of hydrogen-bond acceptors (Lipinski definition) is 5. The molecule has 0 aliphatic carbocycles. The number of benzene rings is 2. The molecule has 0 aliphatic rings. The molecule has 0 bridgehead atoms. The zero-order valence-electron chi connectivity index (χ0n) is 12.4. The zero-order valence-corrected chi connectivity index (χ0v) is 13.2. The molecule has 0 unspecified atom stereocenters. The second kappa shape index (κ2) is 7.01. The van der Waals surface area contributed by atoms with Crippen LogP contribution in [0.4, 0.5) is 0 Å². The minimum atomic E-state index is -3.86. The Morgan fingerprint density at radius 2 is 1.74 bits per heavy atom. The summed E-state index contributed by atoms with van der Waals surface area (Å²) in [7, 11) is -3.86. The van der Waals surface area contributed by atoms with Gasteiger partial charge in [-0.3, -0.25) is 5.41 Å². The molecule has 7 nitrogen and oxygen atoms in total. The average Bonchev–Trinajstić information content (AvgIpc) is 2.49. The van der Waals surface area contributed by atoms with Gasteiger partial charge in [-0.15, -0.1) is 5.11 Å². The number of rotatable bonds is 5. The van der Waals surface area contributed by atoms with Crippen LogP contribution < -0.4 is 9.92 Å². The minimum absolute atomic E-state index is 0.0995. The van der Waals surface area contributed by atoms with Crippen LogP contribution in [0.3, 0.4) is 0 Å². The van der Waals surface area contributed by atoms with E-state index in [-0.39, 0.29) is 23.1 Å². The number of azo groups is 1. The first kappa shape index (κ1) is 16.6. The molecule has 0 saturated carbocycles. The molecule has 0 spiro atoms. The molecular weight excluding hydrogens is 316 g/mol. The Balaban J connectivity index is 2.08. The summed E-state index contributed by atoms with van der Waals surface area (Å²) >= 11 is 0. The molecule has 0 fully saturated rings. The van der Waals surface area contributed by atoms with Gasteiger partial charge in [-0.25, -0.2) is 0 Å². The van der Waals surface area contributed by atoms with Crippen LogP contribution >= 0.6 is 0 Å². The number of nitrogens with zero attached hydrogens (tertiary/aromatic N) is 2. The lowest BCUT2D eigenvalue weighted by molar-refractivity contribution is 0.486. The maximum absolute atomic E-state index is 12.2. The number of guanidine groups is 1. The predicted molar refractivity (Wildman–Crippen MR) is 85.9 cm³/mol. The predicted octanol–water partition coefficient (Wildman–Crippen LogP) is 2.61. The quantitative estimate of drug-likeness (QED) is 0.378. The molecule has 8 heteroatoms. The van der Waals surface area contributed by atoms with Crippen LogP contribution in [0, 0.1) is 12.3 Å². The van der Waals surface area contributed by atoms with Gasteiger partial charge in [0.1, 0.15) is 10.6 Å². The monoisotopic (exact) mass is 332 g/mol. The number of nitrogens with one attached hydrogen (secondary N) is 1. The first-order valence-electron chi connectivity index (χ1n) is 6.68. The maximum Gasteiger partial charge on any atom is 0.339 e. The summed E-state index contributed by atoms with van der Waals surface area (Å²) < 4.78 is 29.4. The van der Waals surface area contributed by atoms with Crippen LogP contribution in [-0.2, 0) is 16.7 Å². The van der Waals surface area contributed by atoms with E-state index in [4.69, 9.17) is 15.3 Å². The summed E-state index contributed by atoms with van der Waals surface area (Å²) in [6.45, 7) is 2.12. The molecule has 0 aliphatic heterocycles. The first-order valence-corrected chi connectivity index (χ1v) is 8.09. The molecule has 120 valence electrons. The Labute approximate surface area is 134 Å². The van der Waals surface area contributed by atoms with Gasteiger partial charge >= 0.3 is 10.1 Å². The van der Waals surface area contributed by atoms with Gasteiger partial charge in [0, 0.05) is 0 Å². The fraction of sp³-hybridized carbons (Fsp3) is 0.133. The van der Waals surface area contributed by atoms with Crippen molar-refractivity contribution in [2.75, 3.05) is 0 Å². The number of hydrogen-bond donors (Lipinski definition) is 2. The average molecular weight is 332 g/mol. The van der Waals surface area contributed by atoms with E-state index in [1.807, 2.05) is 6.92 Å². The van der Waals surface area contributed by atoms with Crippen molar-refractivity contribution in [2.24, 2.45) is 16.0 Å². The highest BCUT2D eigenvalue weighted by Gasteiger charge is 2.16. The van der Waals surface area contributed by atoms with Crippen molar-refractivity contribution < 1.29 is 12.6 Å². The number of aryl methyl sites for hydroxylation is 1. The van der Waals surface area contributed by atoms with E-state index in [2.05, 4.69) is 10.2 Å². The fourth-order valence-corrected chi connectivity index (χ4v) is 2.65. The standard InChI is InChI=1S/C15H16N4O3S/c1-11-2-8-14(9-3-11)23(20,21)22-13-6-4-12(5-7-13)10-18-19-15(16)17/h2-9H,10H2,1H3,(H3,16,17). The Morgan fingerprint density at radius 1 is 1.13 bits per heavy atom. The Morgan fingerprint density at radius 3 is 2.30 bits per heavy atom. The lowest BCUT2D eigenvalue weighted by Gasteiger charge is -2.07. The van der Waals surface area contributed by atoms with Crippen molar-refractivity contribution in [1.82, 2.24) is 0 Å². The van der Waals surface area contributed by atoms with Crippen molar-refractivity contribution in [2.45, 2.75) is 18.4 Å². The van der Waals surface area contributed by atoms with Crippen LogP contribution in [0.25, 0.3) is 0 Å². The van der Waals surface area contributed by atoms with Crippen molar-refractivity contribution in [3.05, 3.63) is 59.7 Å². The zero-order chi connectivity index (χ0) is 16.9. The van der Waals surface area contributed by atoms with Crippen molar-refractivity contribution in [3.8, 4) is 5.75 Å². The summed E-state index contributed by atoms with van der Waals surface area (Å²) in [5, 5.41) is 14.0. The summed E-state index contributed by atoms with van der Waals surface area (Å²) in [5.41, 5.74) is 6.80. The molecule has 23 heavy (non-hydrogen) atoms. The van der Waals surface area contributed by atoms with Gasteiger partial charge in [-0.05, 0) is 36.8 Å². The Hall–Kier alpha value is -2.74. The van der Waals surface area contributed by atoms with E-state index in [0.29, 0.717) is 0 Å². The smallest absolute Gasteiger partial charge is 0.339 e. The van der Waals surface area contributed by atoms with E-state index in [1.54, 1.807) is 24.3 Å². The van der Waals surface area contributed by atoms with E-state index < -0.39 is 10.1 Å². The van der Waals surface area contributed by atoms with Gasteiger partial charge in [0.25, 0.3) is 0 Å².